The molecule has 1 aliphatic rings. The molecule has 0 radical (unpaired) electrons. The van der Waals surface area contributed by atoms with E-state index < -0.39 is 0 Å². The highest BCUT2D eigenvalue weighted by Crippen LogP contribution is 2.39. The van der Waals surface area contributed by atoms with Crippen molar-refractivity contribution in [3.05, 3.63) is 29.6 Å². The number of anilines is 1. The molecule has 0 spiro atoms. The van der Waals surface area contributed by atoms with E-state index in [1.807, 2.05) is 13.0 Å². The molecule has 17 heavy (non-hydrogen) atoms. The standard InChI is InChI=1S/C11H13N5S/c1-7-12-5-4-9(14-7)6-13-11-15-10(16-17-11)8-2-3-8/h4-5,8H,2-3,6H2,1H3,(H,13,15,16). The summed E-state index contributed by atoms with van der Waals surface area (Å²) < 4.78 is 4.34. The fourth-order valence-corrected chi connectivity index (χ4v) is 2.22. The fourth-order valence-electron chi connectivity index (χ4n) is 1.58. The van der Waals surface area contributed by atoms with Crippen molar-refractivity contribution in [2.45, 2.75) is 32.2 Å². The third-order valence-electron chi connectivity index (χ3n) is 2.64. The van der Waals surface area contributed by atoms with E-state index in [-0.39, 0.29) is 0 Å². The van der Waals surface area contributed by atoms with E-state index in [9.17, 15) is 0 Å². The zero-order valence-corrected chi connectivity index (χ0v) is 10.4. The molecule has 0 aliphatic heterocycles. The molecule has 0 amide bonds. The van der Waals surface area contributed by atoms with Gasteiger partial charge in [0.05, 0.1) is 12.2 Å². The Morgan fingerprint density at radius 3 is 3.06 bits per heavy atom. The maximum Gasteiger partial charge on any atom is 0.202 e. The first-order valence-corrected chi connectivity index (χ1v) is 6.44. The Morgan fingerprint density at radius 1 is 1.41 bits per heavy atom. The van der Waals surface area contributed by atoms with Crippen LogP contribution in [-0.2, 0) is 6.54 Å². The van der Waals surface area contributed by atoms with Crippen LogP contribution in [0.3, 0.4) is 0 Å². The summed E-state index contributed by atoms with van der Waals surface area (Å²) in [4.78, 5) is 12.9. The van der Waals surface area contributed by atoms with Gasteiger partial charge in [-0.2, -0.15) is 4.37 Å². The highest BCUT2D eigenvalue weighted by Gasteiger charge is 2.27. The summed E-state index contributed by atoms with van der Waals surface area (Å²) in [5.41, 5.74) is 0.973. The highest BCUT2D eigenvalue weighted by molar-refractivity contribution is 7.09. The van der Waals surface area contributed by atoms with Crippen molar-refractivity contribution in [1.29, 1.82) is 0 Å². The van der Waals surface area contributed by atoms with Gasteiger partial charge in [-0.25, -0.2) is 15.0 Å². The quantitative estimate of drug-likeness (QED) is 0.896. The van der Waals surface area contributed by atoms with Gasteiger partial charge < -0.3 is 5.32 Å². The molecule has 3 rings (SSSR count). The van der Waals surface area contributed by atoms with E-state index in [0.717, 1.165) is 22.5 Å². The highest BCUT2D eigenvalue weighted by atomic mass is 32.1. The molecule has 6 heteroatoms. The van der Waals surface area contributed by atoms with Crippen LogP contribution in [0.15, 0.2) is 12.3 Å². The van der Waals surface area contributed by atoms with Crippen molar-refractivity contribution in [3.8, 4) is 0 Å². The molecular formula is C11H13N5S. The molecule has 5 nitrogen and oxygen atoms in total. The van der Waals surface area contributed by atoms with E-state index in [4.69, 9.17) is 0 Å². The molecule has 1 saturated carbocycles. The lowest BCUT2D eigenvalue weighted by Gasteiger charge is -2.01. The zero-order valence-electron chi connectivity index (χ0n) is 9.55. The van der Waals surface area contributed by atoms with Crippen LogP contribution < -0.4 is 5.32 Å². The molecule has 0 aromatic carbocycles. The largest absolute Gasteiger partial charge is 0.355 e. The average molecular weight is 247 g/mol. The summed E-state index contributed by atoms with van der Waals surface area (Å²) >= 11 is 1.43. The van der Waals surface area contributed by atoms with Crippen LogP contribution in [-0.4, -0.2) is 19.3 Å². The van der Waals surface area contributed by atoms with E-state index in [0.29, 0.717) is 12.5 Å². The van der Waals surface area contributed by atoms with Gasteiger partial charge in [0.15, 0.2) is 0 Å². The Kier molecular flexibility index (Phi) is 2.72. The van der Waals surface area contributed by atoms with Gasteiger partial charge in [0.1, 0.15) is 11.6 Å². The lowest BCUT2D eigenvalue weighted by atomic mass is 10.4. The number of aromatic nitrogens is 4. The van der Waals surface area contributed by atoms with Crippen LogP contribution in [0.25, 0.3) is 0 Å². The van der Waals surface area contributed by atoms with Gasteiger partial charge in [-0.15, -0.1) is 0 Å². The van der Waals surface area contributed by atoms with Crippen molar-refractivity contribution >= 4 is 16.7 Å². The monoisotopic (exact) mass is 247 g/mol. The second-order valence-corrected chi connectivity index (χ2v) is 4.93. The molecule has 0 unspecified atom stereocenters. The molecule has 2 aromatic rings. The number of hydrogen-bond donors (Lipinski definition) is 1. The lowest BCUT2D eigenvalue weighted by molar-refractivity contribution is 0.944. The van der Waals surface area contributed by atoms with E-state index >= 15 is 0 Å². The predicted octanol–water partition coefficient (Wildman–Crippen LogP) is 2.13. The van der Waals surface area contributed by atoms with Crippen molar-refractivity contribution < 1.29 is 0 Å². The second kappa shape index (κ2) is 4.37. The molecule has 2 heterocycles. The van der Waals surface area contributed by atoms with Crippen LogP contribution in [0.2, 0.25) is 0 Å². The predicted molar refractivity (Wildman–Crippen MR) is 66.0 cm³/mol. The molecular weight excluding hydrogens is 234 g/mol. The van der Waals surface area contributed by atoms with E-state index in [1.54, 1.807) is 6.20 Å². The Hall–Kier alpha value is -1.56. The van der Waals surface area contributed by atoms with E-state index in [1.165, 1.54) is 24.4 Å². The summed E-state index contributed by atoms with van der Waals surface area (Å²) in [6, 6.07) is 1.91. The summed E-state index contributed by atoms with van der Waals surface area (Å²) in [5.74, 6) is 2.40. The second-order valence-electron chi connectivity index (χ2n) is 4.18. The van der Waals surface area contributed by atoms with Crippen LogP contribution in [0.5, 0.6) is 0 Å². The third kappa shape index (κ3) is 2.58. The van der Waals surface area contributed by atoms with Crippen molar-refractivity contribution in [1.82, 2.24) is 19.3 Å². The van der Waals surface area contributed by atoms with Gasteiger partial charge in [0.25, 0.3) is 0 Å². The molecule has 2 aromatic heterocycles. The number of nitrogens with one attached hydrogen (secondary N) is 1. The van der Waals surface area contributed by atoms with Gasteiger partial charge in [0.2, 0.25) is 5.13 Å². The maximum atomic E-state index is 4.46. The third-order valence-corrected chi connectivity index (χ3v) is 3.33. The minimum absolute atomic E-state index is 0.614. The minimum atomic E-state index is 0.614. The Labute approximate surface area is 104 Å². The fraction of sp³-hybridized carbons (Fsp3) is 0.455. The lowest BCUT2D eigenvalue weighted by Crippen LogP contribution is -2.03. The average Bonchev–Trinajstić information content (AvgIpc) is 3.07. The number of aryl methyl sites for hydroxylation is 1. The summed E-state index contributed by atoms with van der Waals surface area (Å²) in [7, 11) is 0. The number of hydrogen-bond acceptors (Lipinski definition) is 6. The van der Waals surface area contributed by atoms with Crippen LogP contribution in [0.1, 0.15) is 36.1 Å². The van der Waals surface area contributed by atoms with Gasteiger partial charge in [-0.05, 0) is 25.8 Å². The Bertz CT molecular complexity index is 520. The molecule has 0 saturated heterocycles. The molecule has 88 valence electrons. The molecule has 1 aliphatic carbocycles. The van der Waals surface area contributed by atoms with Crippen molar-refractivity contribution in [2.75, 3.05) is 5.32 Å². The Morgan fingerprint density at radius 2 is 2.29 bits per heavy atom. The summed E-state index contributed by atoms with van der Waals surface area (Å²) in [6.07, 6.45) is 4.25. The maximum absolute atomic E-state index is 4.46. The first-order chi connectivity index (χ1) is 8.31. The minimum Gasteiger partial charge on any atom is -0.355 e. The summed E-state index contributed by atoms with van der Waals surface area (Å²) in [5, 5.41) is 4.12. The number of nitrogens with zero attached hydrogens (tertiary/aromatic N) is 4. The van der Waals surface area contributed by atoms with Gasteiger partial charge in [-0.1, -0.05) is 0 Å². The van der Waals surface area contributed by atoms with Crippen LogP contribution in [0, 0.1) is 6.92 Å². The SMILES string of the molecule is Cc1nccc(CNc2nc(C3CC3)ns2)n1. The first-order valence-electron chi connectivity index (χ1n) is 5.67. The van der Waals surface area contributed by atoms with Crippen molar-refractivity contribution in [2.24, 2.45) is 0 Å². The molecule has 1 N–H and O–H groups in total. The van der Waals surface area contributed by atoms with Crippen molar-refractivity contribution in [3.63, 3.8) is 0 Å². The molecule has 1 fully saturated rings. The first kappa shape index (κ1) is 10.6. The zero-order chi connectivity index (χ0) is 11.7. The van der Waals surface area contributed by atoms with Gasteiger partial charge in [-0.3, -0.25) is 0 Å². The topological polar surface area (TPSA) is 63.6 Å². The van der Waals surface area contributed by atoms with E-state index in [2.05, 4.69) is 24.6 Å². The number of rotatable bonds is 4. The normalized spacial score (nSPS) is 14.9. The molecule has 0 bridgehead atoms. The smallest absolute Gasteiger partial charge is 0.202 e. The van der Waals surface area contributed by atoms with Gasteiger partial charge >= 0.3 is 0 Å². The molecule has 0 atom stereocenters. The van der Waals surface area contributed by atoms with Crippen LogP contribution in [0.4, 0.5) is 5.13 Å². The van der Waals surface area contributed by atoms with Crippen LogP contribution >= 0.6 is 11.5 Å². The Balaban J connectivity index is 1.62. The van der Waals surface area contributed by atoms with Gasteiger partial charge in [0, 0.05) is 23.6 Å². The summed E-state index contributed by atoms with van der Waals surface area (Å²) in [6.45, 7) is 2.56.